The summed E-state index contributed by atoms with van der Waals surface area (Å²) in [5.74, 6) is 5.78. The van der Waals surface area contributed by atoms with Crippen molar-refractivity contribution >= 4 is 23.1 Å². The van der Waals surface area contributed by atoms with Gasteiger partial charge in [-0.1, -0.05) is 12.0 Å². The number of aromatic nitrogens is 2. The van der Waals surface area contributed by atoms with Gasteiger partial charge in [0.05, 0.1) is 17.7 Å². The Bertz CT molecular complexity index is 654. The molecule has 6 heteroatoms. The number of rotatable bonds is 2. The number of hydrogen-bond donors (Lipinski definition) is 2. The molecule has 2 aromatic heterocycles. The molecule has 0 aromatic carbocycles. The van der Waals surface area contributed by atoms with Gasteiger partial charge < -0.3 is 11.1 Å². The monoisotopic (exact) mass is 272 g/mol. The van der Waals surface area contributed by atoms with Gasteiger partial charge in [-0.2, -0.15) is 0 Å². The number of carbonyl (C=O) groups is 1. The molecule has 0 atom stereocenters. The largest absolute Gasteiger partial charge is 0.320 e. The minimum atomic E-state index is -0.212. The smallest absolute Gasteiger partial charge is 0.268 e. The predicted octanol–water partition coefficient (Wildman–Crippen LogP) is 1.41. The molecule has 96 valence electrons. The zero-order valence-electron chi connectivity index (χ0n) is 10.3. The molecule has 0 radical (unpaired) electrons. The maximum absolute atomic E-state index is 12.0. The van der Waals surface area contributed by atoms with Gasteiger partial charge in [-0.05, 0) is 25.0 Å². The molecule has 0 saturated heterocycles. The molecule has 0 bridgehead atoms. The first-order chi connectivity index (χ1) is 9.20. The summed E-state index contributed by atoms with van der Waals surface area (Å²) in [6, 6.07) is 5.25. The number of pyridine rings is 1. The van der Waals surface area contributed by atoms with Crippen LogP contribution in [0.2, 0.25) is 0 Å². The van der Waals surface area contributed by atoms with Gasteiger partial charge in [0.2, 0.25) is 0 Å². The fourth-order valence-corrected chi connectivity index (χ4v) is 2.11. The van der Waals surface area contributed by atoms with Crippen LogP contribution in [0.1, 0.15) is 21.1 Å². The van der Waals surface area contributed by atoms with Crippen molar-refractivity contribution in [2.45, 2.75) is 6.92 Å². The van der Waals surface area contributed by atoms with Gasteiger partial charge in [0.15, 0.2) is 0 Å². The molecule has 0 aliphatic rings. The van der Waals surface area contributed by atoms with Crippen LogP contribution in [0, 0.1) is 18.8 Å². The molecule has 19 heavy (non-hydrogen) atoms. The number of nitrogens with two attached hydrogens (primary N) is 1. The van der Waals surface area contributed by atoms with Crippen LogP contribution in [-0.4, -0.2) is 22.4 Å². The first-order valence-electron chi connectivity index (χ1n) is 5.58. The summed E-state index contributed by atoms with van der Waals surface area (Å²) in [7, 11) is 0. The fourth-order valence-electron chi connectivity index (χ4n) is 1.41. The van der Waals surface area contributed by atoms with Crippen molar-refractivity contribution in [3.05, 3.63) is 40.0 Å². The Balaban J connectivity index is 2.15. The molecule has 3 N–H and O–H groups in total. The van der Waals surface area contributed by atoms with Crippen LogP contribution in [0.15, 0.2) is 23.7 Å². The second kappa shape index (κ2) is 6.09. The third-order valence-corrected chi connectivity index (χ3v) is 3.19. The highest BCUT2D eigenvalue weighted by Gasteiger charge is 2.12. The molecule has 0 unspecified atom stereocenters. The number of aryl methyl sites for hydroxylation is 1. The van der Waals surface area contributed by atoms with Crippen molar-refractivity contribution in [2.75, 3.05) is 11.9 Å². The number of nitrogens with one attached hydrogen (secondary N) is 1. The predicted molar refractivity (Wildman–Crippen MR) is 75.0 cm³/mol. The van der Waals surface area contributed by atoms with Crippen molar-refractivity contribution in [2.24, 2.45) is 5.73 Å². The van der Waals surface area contributed by atoms with Crippen molar-refractivity contribution in [3.8, 4) is 11.8 Å². The fraction of sp³-hybridized carbons (Fsp3) is 0.154. The minimum Gasteiger partial charge on any atom is -0.320 e. The Hall–Kier alpha value is -2.23. The Morgan fingerprint density at radius 3 is 3.05 bits per heavy atom. The quantitative estimate of drug-likeness (QED) is 0.810. The number of carbonyl (C=O) groups excluding carboxylic acids is 1. The molecule has 2 rings (SSSR count). The van der Waals surface area contributed by atoms with Crippen LogP contribution >= 0.6 is 11.3 Å². The lowest BCUT2D eigenvalue weighted by atomic mass is 10.3. The number of hydrogen-bond acceptors (Lipinski definition) is 5. The second-order valence-electron chi connectivity index (χ2n) is 3.63. The van der Waals surface area contributed by atoms with Crippen molar-refractivity contribution in [3.63, 3.8) is 0 Å². The topological polar surface area (TPSA) is 80.9 Å². The zero-order valence-corrected chi connectivity index (χ0v) is 11.1. The molecule has 5 nitrogen and oxygen atoms in total. The van der Waals surface area contributed by atoms with Gasteiger partial charge >= 0.3 is 0 Å². The first-order valence-corrected chi connectivity index (χ1v) is 6.46. The third-order valence-electron chi connectivity index (χ3n) is 2.26. The number of anilines is 1. The van der Waals surface area contributed by atoms with Gasteiger partial charge in [-0.3, -0.25) is 4.79 Å². The summed E-state index contributed by atoms with van der Waals surface area (Å²) in [6.45, 7) is 2.07. The van der Waals surface area contributed by atoms with E-state index in [-0.39, 0.29) is 12.5 Å². The van der Waals surface area contributed by atoms with Crippen molar-refractivity contribution in [1.82, 2.24) is 9.97 Å². The molecular formula is C13H12N4OS. The summed E-state index contributed by atoms with van der Waals surface area (Å²) in [5.41, 5.74) is 8.22. The van der Waals surface area contributed by atoms with E-state index in [1.807, 2.05) is 0 Å². The first kappa shape index (κ1) is 13.2. The van der Waals surface area contributed by atoms with Gasteiger partial charge in [0.25, 0.3) is 5.91 Å². The van der Waals surface area contributed by atoms with Crippen molar-refractivity contribution < 1.29 is 4.79 Å². The van der Waals surface area contributed by atoms with E-state index >= 15 is 0 Å². The van der Waals surface area contributed by atoms with E-state index in [1.165, 1.54) is 11.3 Å². The molecule has 2 aromatic rings. The van der Waals surface area contributed by atoms with Gasteiger partial charge in [-0.15, -0.1) is 11.3 Å². The molecule has 2 heterocycles. The van der Waals surface area contributed by atoms with Crippen LogP contribution in [0.4, 0.5) is 5.82 Å². The van der Waals surface area contributed by atoms with E-state index in [2.05, 4.69) is 27.1 Å². The molecule has 0 spiro atoms. The Morgan fingerprint density at radius 2 is 2.37 bits per heavy atom. The van der Waals surface area contributed by atoms with E-state index in [4.69, 9.17) is 5.73 Å². The second-order valence-corrected chi connectivity index (χ2v) is 4.49. The third kappa shape index (κ3) is 3.37. The van der Waals surface area contributed by atoms with Crippen molar-refractivity contribution in [1.29, 1.82) is 0 Å². The highest BCUT2D eigenvalue weighted by Crippen LogP contribution is 2.14. The lowest BCUT2D eigenvalue weighted by Crippen LogP contribution is -2.12. The van der Waals surface area contributed by atoms with E-state index in [0.29, 0.717) is 22.1 Å². The van der Waals surface area contributed by atoms with Gasteiger partial charge in [-0.25, -0.2) is 9.97 Å². The van der Waals surface area contributed by atoms with Crippen LogP contribution in [0.3, 0.4) is 0 Å². The molecule has 0 aliphatic heterocycles. The molecule has 0 fully saturated rings. The Kier molecular flexibility index (Phi) is 4.23. The average Bonchev–Trinajstić information content (AvgIpc) is 2.83. The van der Waals surface area contributed by atoms with Crippen LogP contribution < -0.4 is 11.1 Å². The molecule has 0 aliphatic carbocycles. The summed E-state index contributed by atoms with van der Waals surface area (Å²) < 4.78 is 0. The van der Waals surface area contributed by atoms with E-state index in [9.17, 15) is 4.79 Å². The summed E-state index contributed by atoms with van der Waals surface area (Å²) in [4.78, 5) is 20.8. The standard InChI is InChI=1S/C13H12N4OS/c1-9-12(19-8-15-9)13(18)17-11-6-2-4-10(16-11)5-3-7-14/h2,4,6,8H,7,14H2,1H3,(H,16,17,18). The SMILES string of the molecule is Cc1ncsc1C(=O)Nc1cccc(C#CCN)n1. The average molecular weight is 272 g/mol. The van der Waals surface area contributed by atoms with Crippen LogP contribution in [0.25, 0.3) is 0 Å². The summed E-state index contributed by atoms with van der Waals surface area (Å²) in [5, 5.41) is 2.72. The summed E-state index contributed by atoms with van der Waals surface area (Å²) in [6.07, 6.45) is 0. The summed E-state index contributed by atoms with van der Waals surface area (Å²) >= 11 is 1.30. The molecule has 0 saturated carbocycles. The number of amides is 1. The lowest BCUT2D eigenvalue weighted by Gasteiger charge is -2.03. The normalized spacial score (nSPS) is 9.58. The highest BCUT2D eigenvalue weighted by molar-refractivity contribution is 7.12. The molecule has 1 amide bonds. The Labute approximate surface area is 114 Å². The zero-order chi connectivity index (χ0) is 13.7. The lowest BCUT2D eigenvalue weighted by molar-refractivity contribution is 0.102. The Morgan fingerprint density at radius 1 is 1.53 bits per heavy atom. The van der Waals surface area contributed by atoms with Crippen LogP contribution in [0.5, 0.6) is 0 Å². The number of thiazole rings is 1. The molecular weight excluding hydrogens is 260 g/mol. The van der Waals surface area contributed by atoms with Crippen LogP contribution in [-0.2, 0) is 0 Å². The van der Waals surface area contributed by atoms with E-state index < -0.39 is 0 Å². The van der Waals surface area contributed by atoms with Gasteiger partial charge in [0, 0.05) is 0 Å². The maximum atomic E-state index is 12.0. The number of nitrogens with zero attached hydrogens (tertiary/aromatic N) is 2. The van der Waals surface area contributed by atoms with E-state index in [0.717, 1.165) is 0 Å². The highest BCUT2D eigenvalue weighted by atomic mass is 32.1. The minimum absolute atomic E-state index is 0.212. The van der Waals surface area contributed by atoms with E-state index in [1.54, 1.807) is 30.6 Å². The van der Waals surface area contributed by atoms with Gasteiger partial charge in [0.1, 0.15) is 16.4 Å². The maximum Gasteiger partial charge on any atom is 0.268 e.